The van der Waals surface area contributed by atoms with Gasteiger partial charge in [0.2, 0.25) is 0 Å². The molecule has 0 aromatic carbocycles. The summed E-state index contributed by atoms with van der Waals surface area (Å²) in [6, 6.07) is 0. The second-order valence-electron chi connectivity index (χ2n) is 11.9. The molecule has 0 amide bonds. The molecule has 5 heteroatoms. The molecule has 0 heterocycles. The van der Waals surface area contributed by atoms with E-state index in [-0.39, 0.29) is 25.2 Å². The average Bonchev–Trinajstić information content (AvgIpc) is 2.99. The van der Waals surface area contributed by atoms with Crippen molar-refractivity contribution in [3.8, 4) is 0 Å². The predicted octanol–water partition coefficient (Wildman–Crippen LogP) is 10.7. The molecule has 0 fully saturated rings. The van der Waals surface area contributed by atoms with E-state index in [1.54, 1.807) is 0 Å². The lowest BCUT2D eigenvalue weighted by Gasteiger charge is -2.15. The fourth-order valence-electron chi connectivity index (χ4n) is 4.94. The lowest BCUT2D eigenvalue weighted by atomic mass is 10.1. The van der Waals surface area contributed by atoms with E-state index in [9.17, 15) is 14.7 Å². The van der Waals surface area contributed by atoms with E-state index in [1.165, 1.54) is 109 Å². The van der Waals surface area contributed by atoms with Crippen molar-refractivity contribution in [1.29, 1.82) is 0 Å². The van der Waals surface area contributed by atoms with Crippen molar-refractivity contribution in [3.63, 3.8) is 0 Å². The summed E-state index contributed by atoms with van der Waals surface area (Å²) >= 11 is 0. The van der Waals surface area contributed by atoms with E-state index in [1.807, 2.05) is 0 Å². The van der Waals surface area contributed by atoms with Crippen molar-refractivity contribution in [2.45, 2.75) is 187 Å². The average molecular weight is 593 g/mol. The van der Waals surface area contributed by atoms with E-state index >= 15 is 0 Å². The monoisotopic (exact) mass is 593 g/mol. The van der Waals surface area contributed by atoms with E-state index in [0.717, 1.165) is 44.9 Å². The van der Waals surface area contributed by atoms with Crippen LogP contribution >= 0.6 is 0 Å². The largest absolute Gasteiger partial charge is 0.462 e. The van der Waals surface area contributed by atoms with Crippen LogP contribution in [0.2, 0.25) is 0 Å². The Morgan fingerprint density at radius 2 is 0.905 bits per heavy atom. The van der Waals surface area contributed by atoms with Crippen LogP contribution in [-0.2, 0) is 19.1 Å². The summed E-state index contributed by atoms with van der Waals surface area (Å²) in [6.07, 6.45) is 38.0. The second kappa shape index (κ2) is 33.9. The highest BCUT2D eigenvalue weighted by atomic mass is 16.6. The Hall–Kier alpha value is -1.62. The van der Waals surface area contributed by atoms with Crippen molar-refractivity contribution in [2.24, 2.45) is 0 Å². The van der Waals surface area contributed by atoms with Crippen LogP contribution in [0.1, 0.15) is 181 Å². The molecule has 1 N–H and O–H groups in total. The molecule has 0 spiro atoms. The van der Waals surface area contributed by atoms with Gasteiger partial charge in [-0.1, -0.05) is 134 Å². The molecule has 1 atom stereocenters. The van der Waals surface area contributed by atoms with Gasteiger partial charge in [0.05, 0.1) is 6.61 Å². The van der Waals surface area contributed by atoms with E-state index in [4.69, 9.17) is 9.47 Å². The minimum Gasteiger partial charge on any atom is -0.462 e. The second-order valence-corrected chi connectivity index (χ2v) is 11.9. The van der Waals surface area contributed by atoms with Gasteiger partial charge in [0.15, 0.2) is 6.10 Å². The summed E-state index contributed by atoms with van der Waals surface area (Å²) in [5, 5.41) is 9.51. The number of allylic oxidation sites excluding steroid dienone is 4. The van der Waals surface area contributed by atoms with E-state index in [0.29, 0.717) is 12.8 Å². The molecule has 0 bridgehead atoms. The summed E-state index contributed by atoms with van der Waals surface area (Å²) in [7, 11) is 0. The molecule has 0 aromatic heterocycles. The normalized spacial score (nSPS) is 12.4. The zero-order valence-electron chi connectivity index (χ0n) is 27.8. The number of unbranched alkanes of at least 4 members (excludes halogenated alkanes) is 20. The molecule has 0 saturated carbocycles. The van der Waals surface area contributed by atoms with Crippen LogP contribution in [-0.4, -0.2) is 36.4 Å². The van der Waals surface area contributed by atoms with Crippen molar-refractivity contribution >= 4 is 11.9 Å². The van der Waals surface area contributed by atoms with E-state index < -0.39 is 6.10 Å². The minimum atomic E-state index is -0.772. The summed E-state index contributed by atoms with van der Waals surface area (Å²) in [5.74, 6) is -0.606. The third-order valence-electron chi connectivity index (χ3n) is 7.72. The molecule has 246 valence electrons. The molecule has 1 unspecified atom stereocenters. The molecule has 0 aliphatic rings. The number of ether oxygens (including phenoxy) is 2. The van der Waals surface area contributed by atoms with Crippen LogP contribution in [0.4, 0.5) is 0 Å². The lowest BCUT2D eigenvalue weighted by molar-refractivity contribution is -0.161. The van der Waals surface area contributed by atoms with Gasteiger partial charge in [-0.15, -0.1) is 0 Å². The van der Waals surface area contributed by atoms with Gasteiger partial charge < -0.3 is 14.6 Å². The van der Waals surface area contributed by atoms with E-state index in [2.05, 4.69) is 38.2 Å². The van der Waals surface area contributed by atoms with Gasteiger partial charge in [-0.05, 0) is 57.8 Å². The van der Waals surface area contributed by atoms with Crippen molar-refractivity contribution in [1.82, 2.24) is 0 Å². The summed E-state index contributed by atoms with van der Waals surface area (Å²) in [6.45, 7) is 4.08. The molecule has 0 aliphatic carbocycles. The number of hydrogen-bond acceptors (Lipinski definition) is 5. The lowest BCUT2D eigenvalue weighted by Crippen LogP contribution is -2.28. The van der Waals surface area contributed by atoms with Gasteiger partial charge in [0, 0.05) is 12.8 Å². The maximum Gasteiger partial charge on any atom is 0.306 e. The Balaban J connectivity index is 3.57. The number of aliphatic hydroxyl groups excluding tert-OH is 1. The number of hydrogen-bond donors (Lipinski definition) is 1. The SMILES string of the molecule is CCCC/C=C\CCCCCCCC(=O)OCC(CO)OC(=O)CCCCCCCCC/C=C\CCCCCCCC. The first-order valence-corrected chi connectivity index (χ1v) is 17.9. The third kappa shape index (κ3) is 31.3. The highest BCUT2D eigenvalue weighted by Crippen LogP contribution is 2.13. The molecule has 0 saturated heterocycles. The maximum atomic E-state index is 12.1. The zero-order chi connectivity index (χ0) is 30.8. The molecule has 0 aliphatic heterocycles. The highest BCUT2D eigenvalue weighted by Gasteiger charge is 2.16. The molecular weight excluding hydrogens is 524 g/mol. The molecule has 42 heavy (non-hydrogen) atoms. The van der Waals surface area contributed by atoms with Crippen molar-refractivity contribution in [2.75, 3.05) is 13.2 Å². The third-order valence-corrected chi connectivity index (χ3v) is 7.72. The molecule has 0 rings (SSSR count). The number of carbonyl (C=O) groups is 2. The fraction of sp³-hybridized carbons (Fsp3) is 0.838. The smallest absolute Gasteiger partial charge is 0.306 e. The van der Waals surface area contributed by atoms with Gasteiger partial charge >= 0.3 is 11.9 Å². The summed E-state index contributed by atoms with van der Waals surface area (Å²) in [4.78, 5) is 24.1. The van der Waals surface area contributed by atoms with Crippen LogP contribution in [0, 0.1) is 0 Å². The van der Waals surface area contributed by atoms with Crippen molar-refractivity contribution in [3.05, 3.63) is 24.3 Å². The first kappa shape index (κ1) is 40.4. The molecular formula is C37H68O5. The molecule has 0 aromatic rings. The van der Waals surface area contributed by atoms with Crippen LogP contribution < -0.4 is 0 Å². The van der Waals surface area contributed by atoms with Crippen LogP contribution in [0.3, 0.4) is 0 Å². The van der Waals surface area contributed by atoms with Gasteiger partial charge in [0.25, 0.3) is 0 Å². The van der Waals surface area contributed by atoms with Gasteiger partial charge in [-0.25, -0.2) is 0 Å². The molecule has 0 radical (unpaired) electrons. The molecule has 5 nitrogen and oxygen atoms in total. The fourth-order valence-corrected chi connectivity index (χ4v) is 4.94. The minimum absolute atomic E-state index is 0.0698. The zero-order valence-corrected chi connectivity index (χ0v) is 27.8. The first-order valence-electron chi connectivity index (χ1n) is 17.9. The summed E-state index contributed by atoms with van der Waals surface area (Å²) in [5.41, 5.74) is 0. The predicted molar refractivity (Wildman–Crippen MR) is 178 cm³/mol. The quantitative estimate of drug-likeness (QED) is 0.0478. The van der Waals surface area contributed by atoms with Gasteiger partial charge in [-0.3, -0.25) is 9.59 Å². The Bertz CT molecular complexity index is 642. The number of aliphatic hydroxyl groups is 1. The standard InChI is InChI=1S/C37H68O5/c1-3-5-7-9-11-13-15-16-17-18-19-20-22-24-26-28-30-32-37(40)42-35(33-38)34-41-36(39)31-29-27-25-23-21-14-12-10-8-6-4-2/h10,12,16-17,35,38H,3-9,11,13-15,18-34H2,1-2H3/b12-10-,17-16-. The maximum absolute atomic E-state index is 12.1. The topological polar surface area (TPSA) is 72.8 Å². The Morgan fingerprint density at radius 3 is 1.36 bits per heavy atom. The first-order chi connectivity index (χ1) is 20.6. The Kier molecular flexibility index (Phi) is 32.6. The van der Waals surface area contributed by atoms with Crippen molar-refractivity contribution < 1.29 is 24.2 Å². The number of esters is 2. The van der Waals surface area contributed by atoms with Gasteiger partial charge in [-0.2, -0.15) is 0 Å². The Labute approximate surface area is 260 Å². The highest BCUT2D eigenvalue weighted by molar-refractivity contribution is 5.70. The Morgan fingerprint density at radius 1 is 0.524 bits per heavy atom. The number of rotatable bonds is 32. The number of carbonyl (C=O) groups excluding carboxylic acids is 2. The van der Waals surface area contributed by atoms with Crippen LogP contribution in [0.15, 0.2) is 24.3 Å². The van der Waals surface area contributed by atoms with Crippen LogP contribution in [0.25, 0.3) is 0 Å². The summed E-state index contributed by atoms with van der Waals surface area (Å²) < 4.78 is 10.5. The van der Waals surface area contributed by atoms with Crippen LogP contribution in [0.5, 0.6) is 0 Å². The van der Waals surface area contributed by atoms with Gasteiger partial charge in [0.1, 0.15) is 6.61 Å².